The van der Waals surface area contributed by atoms with Gasteiger partial charge in [-0.25, -0.2) is 0 Å². The van der Waals surface area contributed by atoms with Crippen molar-refractivity contribution in [1.82, 2.24) is 4.90 Å². The van der Waals surface area contributed by atoms with E-state index in [0.717, 1.165) is 0 Å². The molecule has 1 aromatic rings. The molecule has 3 N–H and O–H groups in total. The van der Waals surface area contributed by atoms with E-state index in [4.69, 9.17) is 19.9 Å². The predicted molar refractivity (Wildman–Crippen MR) is 84.9 cm³/mol. The van der Waals surface area contributed by atoms with Crippen LogP contribution in [0.1, 0.15) is 16.8 Å². The van der Waals surface area contributed by atoms with Crippen LogP contribution >= 0.6 is 0 Å². The van der Waals surface area contributed by atoms with Gasteiger partial charge in [0.05, 0.1) is 25.4 Å². The first-order valence-electron chi connectivity index (χ1n) is 7.62. The minimum Gasteiger partial charge on any atom is -0.493 e. The van der Waals surface area contributed by atoms with Crippen molar-refractivity contribution in [2.45, 2.75) is 18.6 Å². The van der Waals surface area contributed by atoms with Crippen LogP contribution in [0, 0.1) is 0 Å². The SMILES string of the molecule is COc1cccc(C(=O)N2C[C@H](OC)[C@@H](O)C2)c1OCCCN. The molecule has 1 aromatic carbocycles. The molecule has 2 atom stereocenters. The van der Waals surface area contributed by atoms with Crippen molar-refractivity contribution in [1.29, 1.82) is 0 Å². The molecule has 0 radical (unpaired) electrons. The van der Waals surface area contributed by atoms with Gasteiger partial charge in [0.15, 0.2) is 11.5 Å². The van der Waals surface area contributed by atoms with Gasteiger partial charge in [-0.05, 0) is 25.1 Å². The highest BCUT2D eigenvalue weighted by molar-refractivity contribution is 5.98. The molecule has 1 aliphatic heterocycles. The average molecular weight is 324 g/mol. The maximum atomic E-state index is 12.8. The van der Waals surface area contributed by atoms with Gasteiger partial charge in [0.1, 0.15) is 6.10 Å². The van der Waals surface area contributed by atoms with Crippen LogP contribution in [0.2, 0.25) is 0 Å². The second-order valence-electron chi connectivity index (χ2n) is 5.38. The summed E-state index contributed by atoms with van der Waals surface area (Å²) in [7, 11) is 3.05. The number of hydrogen-bond acceptors (Lipinski definition) is 6. The highest BCUT2D eigenvalue weighted by Crippen LogP contribution is 2.32. The Morgan fingerprint density at radius 1 is 1.39 bits per heavy atom. The lowest BCUT2D eigenvalue weighted by Gasteiger charge is -2.19. The summed E-state index contributed by atoms with van der Waals surface area (Å²) >= 11 is 0. The summed E-state index contributed by atoms with van der Waals surface area (Å²) in [6.45, 7) is 1.49. The molecular formula is C16H24N2O5. The van der Waals surface area contributed by atoms with E-state index < -0.39 is 6.10 Å². The first-order valence-corrected chi connectivity index (χ1v) is 7.62. The Bertz CT molecular complexity index is 537. The van der Waals surface area contributed by atoms with Gasteiger partial charge in [-0.15, -0.1) is 0 Å². The van der Waals surface area contributed by atoms with Crippen molar-refractivity contribution >= 4 is 5.91 Å². The third-order valence-corrected chi connectivity index (χ3v) is 3.85. The fourth-order valence-corrected chi connectivity index (χ4v) is 2.58. The summed E-state index contributed by atoms with van der Waals surface area (Å²) in [4.78, 5) is 14.3. The van der Waals surface area contributed by atoms with Crippen molar-refractivity contribution < 1.29 is 24.1 Å². The minimum absolute atomic E-state index is 0.217. The van der Waals surface area contributed by atoms with Crippen LogP contribution < -0.4 is 15.2 Å². The minimum atomic E-state index is -0.684. The summed E-state index contributed by atoms with van der Waals surface area (Å²) in [5.41, 5.74) is 5.89. The monoisotopic (exact) mass is 324 g/mol. The number of β-amino-alcohol motifs (C(OH)–C–C–N with tert-alkyl or cyclic N) is 1. The van der Waals surface area contributed by atoms with E-state index in [1.807, 2.05) is 0 Å². The smallest absolute Gasteiger partial charge is 0.257 e. The van der Waals surface area contributed by atoms with E-state index in [9.17, 15) is 9.90 Å². The van der Waals surface area contributed by atoms with Gasteiger partial charge in [-0.2, -0.15) is 0 Å². The van der Waals surface area contributed by atoms with Crippen LogP contribution in [0.4, 0.5) is 0 Å². The van der Waals surface area contributed by atoms with Gasteiger partial charge in [0, 0.05) is 20.2 Å². The number of nitrogens with zero attached hydrogens (tertiary/aromatic N) is 1. The average Bonchev–Trinajstić information content (AvgIpc) is 2.95. The number of amides is 1. The number of carbonyl (C=O) groups is 1. The number of likely N-dealkylation sites (tertiary alicyclic amines) is 1. The Balaban J connectivity index is 2.22. The fourth-order valence-electron chi connectivity index (χ4n) is 2.58. The molecule has 0 bridgehead atoms. The van der Waals surface area contributed by atoms with Crippen molar-refractivity contribution in [2.75, 3.05) is 40.5 Å². The third kappa shape index (κ3) is 3.93. The Morgan fingerprint density at radius 2 is 2.17 bits per heavy atom. The number of benzene rings is 1. The first kappa shape index (κ1) is 17.5. The molecule has 23 heavy (non-hydrogen) atoms. The molecule has 2 rings (SSSR count). The molecule has 0 aromatic heterocycles. The third-order valence-electron chi connectivity index (χ3n) is 3.85. The first-order chi connectivity index (χ1) is 11.1. The molecule has 0 spiro atoms. The van der Waals surface area contributed by atoms with Crippen LogP contribution in [0.5, 0.6) is 11.5 Å². The molecule has 128 valence electrons. The van der Waals surface area contributed by atoms with E-state index in [1.54, 1.807) is 23.1 Å². The van der Waals surface area contributed by atoms with E-state index in [1.165, 1.54) is 14.2 Å². The largest absolute Gasteiger partial charge is 0.493 e. The standard InChI is InChI=1S/C16H24N2O5/c1-21-13-6-3-5-11(15(13)23-8-4-7-17)16(20)18-9-12(19)14(10-18)22-2/h3,5-6,12,14,19H,4,7-10,17H2,1-2H3/t12-,14-/m0/s1. The molecule has 0 saturated carbocycles. The number of nitrogens with two attached hydrogens (primary N) is 1. The topological polar surface area (TPSA) is 94.2 Å². The number of carbonyl (C=O) groups excluding carboxylic acids is 1. The Hall–Kier alpha value is -1.83. The second-order valence-corrected chi connectivity index (χ2v) is 5.38. The van der Waals surface area contributed by atoms with Crippen LogP contribution in [0.25, 0.3) is 0 Å². The molecule has 1 heterocycles. The van der Waals surface area contributed by atoms with Gasteiger partial charge in [0.2, 0.25) is 0 Å². The van der Waals surface area contributed by atoms with Gasteiger partial charge in [0.25, 0.3) is 5.91 Å². The van der Waals surface area contributed by atoms with Crippen LogP contribution in [-0.2, 0) is 4.74 Å². The van der Waals surface area contributed by atoms with Gasteiger partial charge in [-0.3, -0.25) is 4.79 Å². The molecule has 0 aliphatic carbocycles. The predicted octanol–water partition coefficient (Wildman–Crippen LogP) is 0.255. The quantitative estimate of drug-likeness (QED) is 0.699. The Morgan fingerprint density at radius 3 is 2.78 bits per heavy atom. The lowest BCUT2D eigenvalue weighted by atomic mass is 10.1. The van der Waals surface area contributed by atoms with Crippen molar-refractivity contribution in [3.8, 4) is 11.5 Å². The van der Waals surface area contributed by atoms with Crippen molar-refractivity contribution in [3.05, 3.63) is 23.8 Å². The lowest BCUT2D eigenvalue weighted by molar-refractivity contribution is 0.0215. The summed E-state index contributed by atoms with van der Waals surface area (Å²) < 4.78 is 16.2. The zero-order valence-electron chi connectivity index (χ0n) is 13.5. The lowest BCUT2D eigenvalue weighted by Crippen LogP contribution is -2.30. The van der Waals surface area contributed by atoms with Crippen LogP contribution in [0.3, 0.4) is 0 Å². The molecule has 1 amide bonds. The number of rotatable bonds is 7. The number of ether oxygens (including phenoxy) is 3. The van der Waals surface area contributed by atoms with Gasteiger partial charge < -0.3 is 30.0 Å². The Labute approximate surface area is 135 Å². The van der Waals surface area contributed by atoms with E-state index >= 15 is 0 Å². The highest BCUT2D eigenvalue weighted by atomic mass is 16.5. The number of aliphatic hydroxyl groups excluding tert-OH is 1. The van der Waals surface area contributed by atoms with E-state index in [0.29, 0.717) is 43.2 Å². The molecule has 1 fully saturated rings. The normalized spacial score (nSPS) is 20.6. The zero-order chi connectivity index (χ0) is 16.8. The summed E-state index contributed by atoms with van der Waals surface area (Å²) in [6.07, 6.45) is -0.373. The molecule has 1 aliphatic rings. The maximum absolute atomic E-state index is 12.8. The number of hydrogen-bond donors (Lipinski definition) is 2. The Kier molecular flexibility index (Phi) is 6.20. The highest BCUT2D eigenvalue weighted by Gasteiger charge is 2.35. The molecule has 0 unspecified atom stereocenters. The molecule has 1 saturated heterocycles. The van der Waals surface area contributed by atoms with Crippen LogP contribution in [-0.4, -0.2) is 68.6 Å². The van der Waals surface area contributed by atoms with E-state index in [-0.39, 0.29) is 18.6 Å². The fraction of sp³-hybridized carbons (Fsp3) is 0.562. The number of methoxy groups -OCH3 is 2. The molecule has 7 heteroatoms. The van der Waals surface area contributed by atoms with Gasteiger partial charge in [-0.1, -0.05) is 6.07 Å². The van der Waals surface area contributed by atoms with Crippen molar-refractivity contribution in [2.24, 2.45) is 5.73 Å². The van der Waals surface area contributed by atoms with E-state index in [2.05, 4.69) is 0 Å². The summed E-state index contributed by atoms with van der Waals surface area (Å²) in [5.74, 6) is 0.685. The van der Waals surface area contributed by atoms with Gasteiger partial charge >= 0.3 is 0 Å². The molecule has 7 nitrogen and oxygen atoms in total. The maximum Gasteiger partial charge on any atom is 0.257 e. The number of aliphatic hydroxyl groups is 1. The second kappa shape index (κ2) is 8.14. The summed E-state index contributed by atoms with van der Waals surface area (Å²) in [6, 6.07) is 5.17. The number of para-hydroxylation sites is 1. The summed E-state index contributed by atoms with van der Waals surface area (Å²) in [5, 5.41) is 9.91. The zero-order valence-corrected chi connectivity index (χ0v) is 13.5. The molecular weight excluding hydrogens is 300 g/mol. The van der Waals surface area contributed by atoms with Crippen LogP contribution in [0.15, 0.2) is 18.2 Å². The van der Waals surface area contributed by atoms with Crippen molar-refractivity contribution in [3.63, 3.8) is 0 Å².